The summed E-state index contributed by atoms with van der Waals surface area (Å²) in [6, 6.07) is 6.94. The molecular formula is C67H130N18O6. The lowest BCUT2D eigenvalue weighted by Gasteiger charge is -2.30. The molecule has 0 aliphatic heterocycles. The molecule has 1 aromatic carbocycles. The topological polar surface area (TPSA) is 350 Å². The van der Waals surface area contributed by atoms with Gasteiger partial charge < -0.3 is 95.7 Å². The second-order valence-electron chi connectivity index (χ2n) is 25.5. The number of carbonyl (C=O) groups excluding carboxylic acids is 6. The largest absolute Gasteiger partial charge is 0.356 e. The minimum atomic E-state index is -0.239. The van der Waals surface area contributed by atoms with E-state index in [1.54, 1.807) is 24.3 Å². The molecular weight excluding hydrogens is 1150 g/mol. The Bertz CT molecular complexity index is 2000. The van der Waals surface area contributed by atoms with Gasteiger partial charge in [-0.05, 0) is 280 Å². The number of nitrogens with zero attached hydrogens (tertiary/aromatic N) is 6. The maximum atomic E-state index is 12.9. The van der Waals surface area contributed by atoms with Gasteiger partial charge in [-0.2, -0.15) is 0 Å². The molecule has 2 fully saturated rings. The highest BCUT2D eigenvalue weighted by Gasteiger charge is 2.51. The molecule has 2 bridgehead atoms. The molecule has 4 rings (SSSR count). The van der Waals surface area contributed by atoms with Crippen molar-refractivity contribution in [2.45, 2.75) is 109 Å². The average molecular weight is 1280 g/mol. The molecule has 0 heterocycles. The predicted octanol–water partition coefficient (Wildman–Crippen LogP) is 0.853. The van der Waals surface area contributed by atoms with Gasteiger partial charge in [0.1, 0.15) is 0 Å². The Morgan fingerprint density at radius 3 is 0.835 bits per heavy atom. The highest BCUT2D eigenvalue weighted by atomic mass is 16.2. The van der Waals surface area contributed by atoms with Crippen LogP contribution in [0.5, 0.6) is 0 Å². The first-order valence-electron chi connectivity index (χ1n) is 34.7. The third-order valence-electron chi connectivity index (χ3n) is 17.5. The van der Waals surface area contributed by atoms with E-state index >= 15 is 0 Å². The van der Waals surface area contributed by atoms with Crippen LogP contribution in [-0.2, 0) is 19.2 Å². The number of nitrogens with one attached hydrogen (secondary N) is 6. The number of benzene rings is 1. The molecule has 6 amide bonds. The van der Waals surface area contributed by atoms with Crippen molar-refractivity contribution in [2.75, 3.05) is 199 Å². The summed E-state index contributed by atoms with van der Waals surface area (Å²) in [5, 5.41) is 18.1. The maximum Gasteiger partial charge on any atom is 0.252 e. The van der Waals surface area contributed by atoms with Gasteiger partial charge in [0.05, 0.1) is 23.0 Å². The van der Waals surface area contributed by atoms with Crippen molar-refractivity contribution in [2.24, 2.45) is 69.9 Å². The van der Waals surface area contributed by atoms with Crippen LogP contribution in [0.15, 0.2) is 36.4 Å². The maximum absolute atomic E-state index is 12.9. The SMILES string of the molecule is CN(CCCN)CCCNC(=O)[C@@H]1C2C=CC(C2)[C@H]1C(=O)NCCCN(C)CCCN.CN(CCCN)CCCNC(=O)[C@@H]1CCCC[C@H]1C(=O)NCCCN(C)CCCN.CN(CCCN)CCCNC(=O)c1ccccc1C(=O)NCCCN(C)CCCN. The standard InChI is InChI=1S/C23H44N6O2.C22H46N6O2.C22H40N6O2/c1-28(13-3-9-24)15-5-11-26-22(30)20-18-7-8-19(17-18)21(20)23(31)27-12-6-16-29(2)14-4-10-25;2*1-27(15-5-11-23)17-7-13-25-21(29)19-9-3-4-10-20(19)22(30)26-14-8-18-28(2)16-6-12-24/h7-8,18-21H,3-6,9-17,24-25H2,1-2H3,(H,26,30)(H,27,31);19-20H,3-18,23-24H2,1-2H3,(H,25,29)(H,26,30);3-4,9-10H,5-8,11-18,23-24H2,1-2H3,(H,25,29)(H,26,30)/t18?,19?,20-,21-;19-,20-;/m11./s1. The fourth-order valence-electron chi connectivity index (χ4n) is 12.0. The van der Waals surface area contributed by atoms with Gasteiger partial charge in [0, 0.05) is 51.1 Å². The second-order valence-corrected chi connectivity index (χ2v) is 25.5. The summed E-state index contributed by atoms with van der Waals surface area (Å²) < 4.78 is 0. The van der Waals surface area contributed by atoms with E-state index in [1.807, 2.05) is 14.1 Å². The summed E-state index contributed by atoms with van der Waals surface area (Å²) >= 11 is 0. The molecule has 3 aliphatic carbocycles. The van der Waals surface area contributed by atoms with Crippen LogP contribution in [0, 0.1) is 35.5 Å². The van der Waals surface area contributed by atoms with E-state index in [9.17, 15) is 28.8 Å². The molecule has 0 radical (unpaired) electrons. The molecule has 18 N–H and O–H groups in total. The van der Waals surface area contributed by atoms with E-state index < -0.39 is 0 Å². The van der Waals surface area contributed by atoms with Crippen molar-refractivity contribution in [3.8, 4) is 0 Å². The van der Waals surface area contributed by atoms with Gasteiger partial charge in [0.2, 0.25) is 23.6 Å². The highest BCUT2D eigenvalue weighted by molar-refractivity contribution is 6.07. The first kappa shape index (κ1) is 82.4. The fourth-order valence-corrected chi connectivity index (χ4v) is 12.0. The Morgan fingerprint density at radius 1 is 0.352 bits per heavy atom. The van der Waals surface area contributed by atoms with Gasteiger partial charge in [-0.15, -0.1) is 0 Å². The summed E-state index contributed by atoms with van der Waals surface area (Å²) in [5.41, 5.74) is 34.0. The Kier molecular flexibility index (Phi) is 46.8. The van der Waals surface area contributed by atoms with Crippen molar-refractivity contribution < 1.29 is 28.8 Å². The first-order chi connectivity index (χ1) is 44.0. The number of hydrogen-bond acceptors (Lipinski definition) is 18. The van der Waals surface area contributed by atoms with Crippen LogP contribution in [0.4, 0.5) is 0 Å². The van der Waals surface area contributed by atoms with Gasteiger partial charge in [-0.25, -0.2) is 0 Å². The number of nitrogens with two attached hydrogens (primary N) is 6. The molecule has 3 aliphatic rings. The number of allylic oxidation sites excluding steroid dienone is 2. The molecule has 1 aromatic rings. The summed E-state index contributed by atoms with van der Waals surface area (Å²) in [5.74, 6) is -0.769. The molecule has 6 atom stereocenters. The van der Waals surface area contributed by atoms with Crippen LogP contribution in [-0.4, -0.2) is 264 Å². The lowest BCUT2D eigenvalue weighted by atomic mass is 9.78. The molecule has 91 heavy (non-hydrogen) atoms. The molecule has 24 nitrogen and oxygen atoms in total. The quantitative estimate of drug-likeness (QED) is 0.0318. The van der Waals surface area contributed by atoms with Gasteiger partial charge in [-0.1, -0.05) is 37.1 Å². The molecule has 0 spiro atoms. The van der Waals surface area contributed by atoms with E-state index in [-0.39, 0.29) is 71.0 Å². The third-order valence-corrected chi connectivity index (χ3v) is 17.5. The second kappa shape index (κ2) is 51.7. The molecule has 2 unspecified atom stereocenters. The van der Waals surface area contributed by atoms with Crippen molar-refractivity contribution >= 4 is 35.4 Å². The van der Waals surface area contributed by atoms with Gasteiger partial charge in [-0.3, -0.25) is 28.8 Å². The normalized spacial score (nSPS) is 18.3. The Balaban J connectivity index is 0.000000465. The lowest BCUT2D eigenvalue weighted by Crippen LogP contribution is -2.45. The van der Waals surface area contributed by atoms with E-state index in [1.165, 1.54) is 0 Å². The predicted molar refractivity (Wildman–Crippen MR) is 371 cm³/mol. The number of amides is 6. The van der Waals surface area contributed by atoms with Crippen LogP contribution in [0.25, 0.3) is 0 Å². The van der Waals surface area contributed by atoms with Gasteiger partial charge >= 0.3 is 0 Å². The van der Waals surface area contributed by atoms with E-state index in [2.05, 4.69) is 102 Å². The van der Waals surface area contributed by atoms with Gasteiger partial charge in [0.15, 0.2) is 0 Å². The molecule has 2 saturated carbocycles. The average Bonchev–Trinajstić information content (AvgIpc) is 1.63. The zero-order valence-corrected chi connectivity index (χ0v) is 57.5. The minimum Gasteiger partial charge on any atom is -0.356 e. The molecule has 524 valence electrons. The van der Waals surface area contributed by atoms with Crippen LogP contribution >= 0.6 is 0 Å². The molecule has 0 saturated heterocycles. The summed E-state index contributed by atoms with van der Waals surface area (Å²) in [7, 11) is 12.4. The fraction of sp³-hybridized carbons (Fsp3) is 0.791. The van der Waals surface area contributed by atoms with Crippen LogP contribution in [0.1, 0.15) is 130 Å². The highest BCUT2D eigenvalue weighted by Crippen LogP contribution is 2.48. The molecule has 24 heteroatoms. The molecule has 0 aromatic heterocycles. The lowest BCUT2D eigenvalue weighted by molar-refractivity contribution is -0.136. The number of fused-ring (bicyclic) bond motifs is 2. The van der Waals surface area contributed by atoms with Crippen LogP contribution in [0.3, 0.4) is 0 Å². The Morgan fingerprint density at radius 2 is 0.582 bits per heavy atom. The van der Waals surface area contributed by atoms with E-state index in [0.29, 0.717) is 89.7 Å². The Labute approximate surface area is 549 Å². The zero-order chi connectivity index (χ0) is 67.0. The summed E-state index contributed by atoms with van der Waals surface area (Å²) in [4.78, 5) is 89.7. The van der Waals surface area contributed by atoms with Crippen molar-refractivity contribution in [3.63, 3.8) is 0 Å². The van der Waals surface area contributed by atoms with Crippen molar-refractivity contribution in [1.82, 2.24) is 61.3 Å². The number of hydrogen-bond donors (Lipinski definition) is 12. The zero-order valence-electron chi connectivity index (χ0n) is 57.5. The van der Waals surface area contributed by atoms with E-state index in [4.69, 9.17) is 34.4 Å². The van der Waals surface area contributed by atoms with Crippen molar-refractivity contribution in [1.29, 1.82) is 0 Å². The van der Waals surface area contributed by atoms with Gasteiger partial charge in [0.25, 0.3) is 11.8 Å². The smallest absolute Gasteiger partial charge is 0.252 e. The van der Waals surface area contributed by atoms with Crippen LogP contribution in [0.2, 0.25) is 0 Å². The number of carbonyl (C=O) groups is 6. The minimum absolute atomic E-state index is 0.0307. The van der Waals surface area contributed by atoms with Crippen LogP contribution < -0.4 is 66.3 Å². The summed E-state index contributed by atoms with van der Waals surface area (Å²) in [6.07, 6.45) is 20.0. The Hall–Kier alpha value is -4.70. The third kappa shape index (κ3) is 36.0. The van der Waals surface area contributed by atoms with E-state index in [0.717, 1.165) is 188 Å². The monoisotopic (exact) mass is 1280 g/mol. The first-order valence-corrected chi connectivity index (χ1v) is 34.7. The number of rotatable bonds is 48. The van der Waals surface area contributed by atoms with Crippen molar-refractivity contribution in [3.05, 3.63) is 47.5 Å². The summed E-state index contributed by atoms with van der Waals surface area (Å²) in [6.45, 7) is 19.3.